The van der Waals surface area contributed by atoms with Crippen molar-refractivity contribution in [3.05, 3.63) is 16.1 Å². The van der Waals surface area contributed by atoms with E-state index in [1.54, 1.807) is 16.2 Å². The number of carbonyl (C=O) groups excluding carboxylic acids is 1. The molecule has 0 saturated carbocycles. The van der Waals surface area contributed by atoms with Crippen LogP contribution in [0.4, 0.5) is 0 Å². The lowest BCUT2D eigenvalue weighted by Crippen LogP contribution is -2.51. The van der Waals surface area contributed by atoms with Crippen molar-refractivity contribution in [3.8, 4) is 0 Å². The minimum atomic E-state index is 0. The number of piperidine rings is 1. The molecule has 1 amide bonds. The molecule has 0 radical (unpaired) electrons. The third kappa shape index (κ3) is 5.71. The van der Waals surface area contributed by atoms with Crippen molar-refractivity contribution in [2.75, 3.05) is 20.1 Å². The van der Waals surface area contributed by atoms with Gasteiger partial charge >= 0.3 is 0 Å². The van der Waals surface area contributed by atoms with Gasteiger partial charge in [-0.3, -0.25) is 4.79 Å². The Labute approximate surface area is 152 Å². The average molecular weight is 437 g/mol. The maximum absolute atomic E-state index is 11.5. The van der Waals surface area contributed by atoms with Crippen LogP contribution in [0.25, 0.3) is 0 Å². The first kappa shape index (κ1) is 19.1. The van der Waals surface area contributed by atoms with Gasteiger partial charge in [0.15, 0.2) is 5.96 Å². The molecule has 124 valence electrons. The fourth-order valence-corrected chi connectivity index (χ4v) is 2.98. The SMILES string of the molecule is CCNC(=NCc1ncc(C)s1)NC1CCC(=O)N(C)C1.I. The van der Waals surface area contributed by atoms with Crippen LogP contribution >= 0.6 is 35.3 Å². The highest BCUT2D eigenvalue weighted by molar-refractivity contribution is 14.0. The zero-order chi connectivity index (χ0) is 15.2. The average Bonchev–Trinajstić information content (AvgIpc) is 2.86. The number of hydrogen-bond acceptors (Lipinski definition) is 4. The summed E-state index contributed by atoms with van der Waals surface area (Å²) >= 11 is 1.67. The molecule has 1 aromatic heterocycles. The van der Waals surface area contributed by atoms with Gasteiger partial charge in [0.05, 0.1) is 6.54 Å². The van der Waals surface area contributed by atoms with E-state index in [9.17, 15) is 4.79 Å². The summed E-state index contributed by atoms with van der Waals surface area (Å²) in [6.45, 7) is 6.20. The Bertz CT molecular complexity index is 519. The van der Waals surface area contributed by atoms with Gasteiger partial charge in [0.25, 0.3) is 0 Å². The maximum Gasteiger partial charge on any atom is 0.222 e. The highest BCUT2D eigenvalue weighted by Crippen LogP contribution is 2.12. The zero-order valence-electron chi connectivity index (χ0n) is 13.3. The lowest BCUT2D eigenvalue weighted by molar-refractivity contribution is -0.132. The van der Waals surface area contributed by atoms with Crippen LogP contribution in [0.1, 0.15) is 29.7 Å². The molecule has 1 saturated heterocycles. The second-order valence-corrected chi connectivity index (χ2v) is 6.53. The number of carbonyl (C=O) groups is 1. The quantitative estimate of drug-likeness (QED) is 0.428. The third-order valence-corrected chi connectivity index (χ3v) is 4.25. The van der Waals surface area contributed by atoms with Gasteiger partial charge in [0.2, 0.25) is 5.91 Å². The number of nitrogens with zero attached hydrogens (tertiary/aromatic N) is 3. The van der Waals surface area contributed by atoms with Crippen LogP contribution in [0.2, 0.25) is 0 Å². The molecular weight excluding hydrogens is 413 g/mol. The number of guanidine groups is 1. The number of likely N-dealkylation sites (N-methyl/N-ethyl adjacent to an activating group) is 1. The van der Waals surface area contributed by atoms with E-state index in [0.717, 1.165) is 30.5 Å². The van der Waals surface area contributed by atoms with Crippen LogP contribution in [0, 0.1) is 6.92 Å². The molecule has 0 aliphatic carbocycles. The van der Waals surface area contributed by atoms with E-state index in [2.05, 4.69) is 20.6 Å². The minimum Gasteiger partial charge on any atom is -0.357 e. The normalized spacial score (nSPS) is 18.9. The van der Waals surface area contributed by atoms with E-state index in [-0.39, 0.29) is 35.9 Å². The molecule has 2 rings (SSSR count). The summed E-state index contributed by atoms with van der Waals surface area (Å²) < 4.78 is 0. The lowest BCUT2D eigenvalue weighted by atomic mass is 10.1. The number of halogens is 1. The lowest BCUT2D eigenvalue weighted by Gasteiger charge is -2.31. The largest absolute Gasteiger partial charge is 0.357 e. The van der Waals surface area contributed by atoms with Gasteiger partial charge in [-0.05, 0) is 20.3 Å². The van der Waals surface area contributed by atoms with E-state index in [4.69, 9.17) is 0 Å². The highest BCUT2D eigenvalue weighted by Gasteiger charge is 2.23. The molecular formula is C14H24IN5OS. The molecule has 1 aliphatic heterocycles. The molecule has 1 aliphatic rings. The number of aryl methyl sites for hydroxylation is 1. The summed E-state index contributed by atoms with van der Waals surface area (Å²) in [5, 5.41) is 7.67. The zero-order valence-corrected chi connectivity index (χ0v) is 16.4. The summed E-state index contributed by atoms with van der Waals surface area (Å²) in [4.78, 5) is 23.4. The minimum absolute atomic E-state index is 0. The van der Waals surface area contributed by atoms with Gasteiger partial charge < -0.3 is 15.5 Å². The van der Waals surface area contributed by atoms with Gasteiger partial charge in [-0.25, -0.2) is 9.98 Å². The van der Waals surface area contributed by atoms with Crippen LogP contribution in [-0.2, 0) is 11.3 Å². The fraction of sp³-hybridized carbons (Fsp3) is 0.643. The van der Waals surface area contributed by atoms with Crippen molar-refractivity contribution in [1.82, 2.24) is 20.5 Å². The van der Waals surface area contributed by atoms with Crippen molar-refractivity contribution in [1.29, 1.82) is 0 Å². The number of likely N-dealkylation sites (tertiary alicyclic amines) is 1. The second kappa shape index (κ2) is 9.29. The van der Waals surface area contributed by atoms with E-state index in [1.807, 2.05) is 27.1 Å². The summed E-state index contributed by atoms with van der Waals surface area (Å²) in [5.74, 6) is 1.01. The molecule has 2 N–H and O–H groups in total. The smallest absolute Gasteiger partial charge is 0.222 e. The standard InChI is InChI=1S/C14H23N5OS.HI/c1-4-15-14(17-8-12-16-7-10(2)21-12)18-11-5-6-13(20)19(3)9-11;/h7,11H,4-6,8-9H2,1-3H3,(H2,15,17,18);1H. The molecule has 0 bridgehead atoms. The van der Waals surface area contributed by atoms with Gasteiger partial charge in [0.1, 0.15) is 5.01 Å². The molecule has 22 heavy (non-hydrogen) atoms. The van der Waals surface area contributed by atoms with Crippen molar-refractivity contribution >= 4 is 47.2 Å². The van der Waals surface area contributed by atoms with Crippen molar-refractivity contribution in [3.63, 3.8) is 0 Å². The summed E-state index contributed by atoms with van der Waals surface area (Å²) in [5.41, 5.74) is 0. The number of aliphatic imine (C=N–C) groups is 1. The summed E-state index contributed by atoms with van der Waals surface area (Å²) in [6, 6.07) is 0.253. The van der Waals surface area contributed by atoms with Crippen LogP contribution < -0.4 is 10.6 Å². The van der Waals surface area contributed by atoms with E-state index >= 15 is 0 Å². The van der Waals surface area contributed by atoms with Gasteiger partial charge in [-0.1, -0.05) is 0 Å². The van der Waals surface area contributed by atoms with Crippen LogP contribution in [0.5, 0.6) is 0 Å². The van der Waals surface area contributed by atoms with Gasteiger partial charge in [0, 0.05) is 43.7 Å². The monoisotopic (exact) mass is 437 g/mol. The maximum atomic E-state index is 11.5. The first-order valence-corrected chi connectivity index (χ1v) is 8.10. The molecule has 6 nitrogen and oxygen atoms in total. The fourth-order valence-electron chi connectivity index (χ4n) is 2.26. The van der Waals surface area contributed by atoms with Gasteiger partial charge in [-0.15, -0.1) is 35.3 Å². The van der Waals surface area contributed by atoms with Crippen LogP contribution in [-0.4, -0.2) is 47.9 Å². The molecule has 8 heteroatoms. The highest BCUT2D eigenvalue weighted by atomic mass is 127. The first-order valence-electron chi connectivity index (χ1n) is 7.28. The molecule has 1 atom stereocenters. The van der Waals surface area contributed by atoms with Gasteiger partial charge in [-0.2, -0.15) is 0 Å². The number of rotatable bonds is 4. The molecule has 1 fully saturated rings. The van der Waals surface area contributed by atoms with Crippen molar-refractivity contribution < 1.29 is 4.79 Å². The molecule has 1 unspecified atom stereocenters. The van der Waals surface area contributed by atoms with E-state index < -0.39 is 0 Å². The van der Waals surface area contributed by atoms with Crippen LogP contribution in [0.15, 0.2) is 11.2 Å². The summed E-state index contributed by atoms with van der Waals surface area (Å²) in [7, 11) is 1.85. The van der Waals surface area contributed by atoms with Crippen molar-refractivity contribution in [2.45, 2.75) is 39.3 Å². The van der Waals surface area contributed by atoms with Crippen LogP contribution in [0.3, 0.4) is 0 Å². The van der Waals surface area contributed by atoms with E-state index in [1.165, 1.54) is 4.88 Å². The molecule has 1 aromatic rings. The molecule has 0 spiro atoms. The first-order chi connectivity index (χ1) is 10.1. The number of amides is 1. The van der Waals surface area contributed by atoms with E-state index in [0.29, 0.717) is 13.0 Å². The predicted octanol–water partition coefficient (Wildman–Crippen LogP) is 1.75. The number of nitrogens with one attached hydrogen (secondary N) is 2. The summed E-state index contributed by atoms with van der Waals surface area (Å²) in [6.07, 6.45) is 3.32. The Kier molecular flexibility index (Phi) is 8.08. The number of thiazole rings is 1. The Balaban J connectivity index is 0.00000242. The topological polar surface area (TPSA) is 69.6 Å². The predicted molar refractivity (Wildman–Crippen MR) is 101 cm³/mol. The van der Waals surface area contributed by atoms with Crippen molar-refractivity contribution in [2.24, 2.45) is 4.99 Å². The molecule has 2 heterocycles. The Morgan fingerprint density at radius 2 is 2.36 bits per heavy atom. The number of hydrogen-bond donors (Lipinski definition) is 2. The second-order valence-electron chi connectivity index (χ2n) is 5.21. The third-order valence-electron chi connectivity index (χ3n) is 3.35. The Hall–Kier alpha value is -0.900. The Morgan fingerprint density at radius 3 is 2.95 bits per heavy atom. The molecule has 0 aromatic carbocycles. The Morgan fingerprint density at radius 1 is 1.59 bits per heavy atom. The number of aromatic nitrogens is 1.